The molecule has 0 aliphatic carbocycles. The van der Waals surface area contributed by atoms with Crippen LogP contribution in [0.15, 0.2) is 40.4 Å². The van der Waals surface area contributed by atoms with Gasteiger partial charge in [-0.3, -0.25) is 14.5 Å². The zero-order valence-corrected chi connectivity index (χ0v) is 13.6. The Bertz CT molecular complexity index is 752. The fraction of sp³-hybridized carbons (Fsp3) is 0.294. The number of nitrogens with zero attached hydrogens (tertiary/aromatic N) is 4. The average molecular weight is 310 g/mol. The maximum absolute atomic E-state index is 12.4. The van der Waals surface area contributed by atoms with Crippen LogP contribution in [0.2, 0.25) is 0 Å². The highest BCUT2D eigenvalue weighted by atomic mass is 16.2. The minimum absolute atomic E-state index is 0.0323. The molecule has 1 aliphatic heterocycles. The summed E-state index contributed by atoms with van der Waals surface area (Å²) in [5.74, 6) is -1.02. The Labute approximate surface area is 135 Å². The number of imide groups is 1. The summed E-state index contributed by atoms with van der Waals surface area (Å²) in [5, 5.41) is 9.19. The lowest BCUT2D eigenvalue weighted by molar-refractivity contribution is -0.138. The van der Waals surface area contributed by atoms with Gasteiger partial charge < -0.3 is 4.90 Å². The number of hydrogen-bond donors (Lipinski definition) is 0. The van der Waals surface area contributed by atoms with Crippen LogP contribution in [-0.2, 0) is 9.59 Å². The summed E-state index contributed by atoms with van der Waals surface area (Å²) >= 11 is 0. The van der Waals surface area contributed by atoms with Gasteiger partial charge in [0, 0.05) is 31.9 Å². The minimum Gasteiger partial charge on any atom is -0.378 e. The van der Waals surface area contributed by atoms with E-state index >= 15 is 0 Å². The molecule has 0 N–H and O–H groups in total. The van der Waals surface area contributed by atoms with E-state index in [2.05, 4.69) is 4.99 Å². The van der Waals surface area contributed by atoms with Gasteiger partial charge in [-0.1, -0.05) is 0 Å². The van der Waals surface area contributed by atoms with Crippen molar-refractivity contribution in [1.29, 1.82) is 5.26 Å². The molecule has 23 heavy (non-hydrogen) atoms. The number of amides is 2. The number of carbonyl (C=O) groups excluding carboxylic acids is 2. The first kappa shape index (κ1) is 16.4. The van der Waals surface area contributed by atoms with Crippen molar-refractivity contribution < 1.29 is 9.59 Å². The third kappa shape index (κ3) is 2.99. The smallest absolute Gasteiger partial charge is 0.279 e. The van der Waals surface area contributed by atoms with Crippen molar-refractivity contribution in [3.8, 4) is 6.07 Å². The highest BCUT2D eigenvalue weighted by Gasteiger charge is 2.35. The molecule has 0 atom stereocenters. The van der Waals surface area contributed by atoms with Crippen LogP contribution in [0.4, 0.5) is 11.4 Å². The van der Waals surface area contributed by atoms with Gasteiger partial charge in [0.25, 0.3) is 11.8 Å². The molecule has 0 saturated carbocycles. The molecule has 0 radical (unpaired) electrons. The number of likely N-dealkylation sites (N-methyl/N-ethyl adjacent to an activating group) is 1. The molecule has 1 aromatic carbocycles. The molecule has 2 amide bonds. The van der Waals surface area contributed by atoms with Crippen molar-refractivity contribution in [3.05, 3.63) is 35.4 Å². The molecule has 2 rings (SSSR count). The van der Waals surface area contributed by atoms with Crippen molar-refractivity contribution in [3.63, 3.8) is 0 Å². The van der Waals surface area contributed by atoms with Crippen molar-refractivity contribution >= 4 is 28.9 Å². The molecule has 118 valence electrons. The summed E-state index contributed by atoms with van der Waals surface area (Å²) in [6.45, 7) is 3.47. The van der Waals surface area contributed by atoms with Gasteiger partial charge in [-0.05, 0) is 38.1 Å². The number of anilines is 1. The summed E-state index contributed by atoms with van der Waals surface area (Å²) in [5.41, 5.74) is 2.04. The lowest BCUT2D eigenvalue weighted by Crippen LogP contribution is -2.46. The maximum atomic E-state index is 12.4. The first-order valence-electron chi connectivity index (χ1n) is 7.24. The van der Waals surface area contributed by atoms with Crippen LogP contribution in [-0.4, -0.2) is 43.1 Å². The van der Waals surface area contributed by atoms with Crippen LogP contribution in [0, 0.1) is 11.3 Å². The molecule has 0 bridgehead atoms. The highest BCUT2D eigenvalue weighted by Crippen LogP contribution is 2.23. The van der Waals surface area contributed by atoms with Crippen molar-refractivity contribution in [2.45, 2.75) is 13.8 Å². The number of carbonyl (C=O) groups is 2. The van der Waals surface area contributed by atoms with E-state index in [0.717, 1.165) is 10.6 Å². The molecule has 1 aliphatic rings. The predicted molar refractivity (Wildman–Crippen MR) is 88.6 cm³/mol. The Morgan fingerprint density at radius 2 is 1.78 bits per heavy atom. The molecule has 6 nitrogen and oxygen atoms in total. The SMILES string of the molecule is CCN1C(=O)C(=Nc2ccc(N(C)C)cc2)C(C)=C(C#N)C1=O. The Kier molecular flexibility index (Phi) is 4.60. The van der Waals surface area contributed by atoms with Gasteiger partial charge in [-0.2, -0.15) is 5.26 Å². The van der Waals surface area contributed by atoms with Crippen LogP contribution < -0.4 is 4.90 Å². The lowest BCUT2D eigenvalue weighted by Gasteiger charge is -2.25. The normalized spacial score (nSPS) is 16.8. The van der Waals surface area contributed by atoms with Gasteiger partial charge in [0.2, 0.25) is 0 Å². The third-order valence-electron chi connectivity index (χ3n) is 3.67. The molecule has 0 unspecified atom stereocenters. The molecule has 6 heteroatoms. The number of benzene rings is 1. The standard InChI is InChI=1S/C17H18N4O2/c1-5-21-16(22)14(10-18)11(2)15(17(21)23)19-12-6-8-13(9-7-12)20(3)4/h6-9H,5H2,1-4H3. The monoisotopic (exact) mass is 310 g/mol. The molecule has 0 aromatic heterocycles. The van der Waals surface area contributed by atoms with Gasteiger partial charge in [0.15, 0.2) is 0 Å². The van der Waals surface area contributed by atoms with Gasteiger partial charge >= 0.3 is 0 Å². The Morgan fingerprint density at radius 3 is 2.26 bits per heavy atom. The van der Waals surface area contributed by atoms with Gasteiger partial charge in [0.05, 0.1) is 5.69 Å². The van der Waals surface area contributed by atoms with Gasteiger partial charge in [-0.15, -0.1) is 0 Å². The number of rotatable bonds is 3. The zero-order chi connectivity index (χ0) is 17.1. The number of aliphatic imine (C=N–C) groups is 1. The van der Waals surface area contributed by atoms with E-state index in [1.165, 1.54) is 0 Å². The van der Waals surface area contributed by atoms with Crippen LogP contribution in [0.3, 0.4) is 0 Å². The van der Waals surface area contributed by atoms with Crippen LogP contribution in [0.5, 0.6) is 0 Å². The van der Waals surface area contributed by atoms with E-state index in [4.69, 9.17) is 0 Å². The molecule has 0 saturated heterocycles. The Hall–Kier alpha value is -2.94. The highest BCUT2D eigenvalue weighted by molar-refractivity contribution is 6.51. The summed E-state index contributed by atoms with van der Waals surface area (Å²) in [7, 11) is 3.87. The van der Waals surface area contributed by atoms with Crippen LogP contribution in [0.1, 0.15) is 13.8 Å². The number of nitriles is 1. The maximum Gasteiger partial charge on any atom is 0.279 e. The first-order chi connectivity index (χ1) is 10.9. The van der Waals surface area contributed by atoms with E-state index in [9.17, 15) is 14.9 Å². The average Bonchev–Trinajstić information content (AvgIpc) is 2.53. The topological polar surface area (TPSA) is 76.8 Å². The second-order valence-corrected chi connectivity index (χ2v) is 5.34. The van der Waals surface area contributed by atoms with Crippen LogP contribution in [0.25, 0.3) is 0 Å². The van der Waals surface area contributed by atoms with Gasteiger partial charge in [-0.25, -0.2) is 4.99 Å². The molecule has 0 spiro atoms. The first-order valence-corrected chi connectivity index (χ1v) is 7.24. The Balaban J connectivity index is 2.51. The van der Waals surface area contributed by atoms with E-state index in [0.29, 0.717) is 11.3 Å². The molecule has 1 aromatic rings. The summed E-state index contributed by atoms with van der Waals surface area (Å²) < 4.78 is 0. The fourth-order valence-electron chi connectivity index (χ4n) is 2.30. The van der Waals surface area contributed by atoms with E-state index < -0.39 is 11.8 Å². The lowest BCUT2D eigenvalue weighted by atomic mass is 9.99. The summed E-state index contributed by atoms with van der Waals surface area (Å²) in [6, 6.07) is 9.24. The van der Waals surface area contributed by atoms with Crippen molar-refractivity contribution in [2.75, 3.05) is 25.5 Å². The van der Waals surface area contributed by atoms with Crippen molar-refractivity contribution in [2.24, 2.45) is 4.99 Å². The number of hydrogen-bond acceptors (Lipinski definition) is 5. The second-order valence-electron chi connectivity index (χ2n) is 5.34. The Morgan fingerprint density at radius 1 is 1.17 bits per heavy atom. The fourth-order valence-corrected chi connectivity index (χ4v) is 2.30. The zero-order valence-electron chi connectivity index (χ0n) is 13.6. The van der Waals surface area contributed by atoms with E-state index in [-0.39, 0.29) is 17.8 Å². The van der Waals surface area contributed by atoms with Crippen LogP contribution >= 0.6 is 0 Å². The largest absolute Gasteiger partial charge is 0.378 e. The second kappa shape index (κ2) is 6.44. The molecule has 1 heterocycles. The quantitative estimate of drug-likeness (QED) is 0.801. The molecular weight excluding hydrogens is 292 g/mol. The van der Waals surface area contributed by atoms with Crippen molar-refractivity contribution in [1.82, 2.24) is 4.90 Å². The summed E-state index contributed by atoms with van der Waals surface area (Å²) in [4.78, 5) is 31.9. The minimum atomic E-state index is -0.556. The summed E-state index contributed by atoms with van der Waals surface area (Å²) in [6.07, 6.45) is 0. The predicted octanol–water partition coefficient (Wildman–Crippen LogP) is 2.05. The van der Waals surface area contributed by atoms with E-state index in [1.54, 1.807) is 26.0 Å². The molecular formula is C17H18N4O2. The van der Waals surface area contributed by atoms with E-state index in [1.807, 2.05) is 37.2 Å². The third-order valence-corrected chi connectivity index (χ3v) is 3.67. The molecule has 0 fully saturated rings. The van der Waals surface area contributed by atoms with Gasteiger partial charge in [0.1, 0.15) is 17.4 Å².